The van der Waals surface area contributed by atoms with Gasteiger partial charge in [-0.1, -0.05) is 6.07 Å². The molecule has 2 aromatic rings. The molecular formula is C16H16F4N2. The summed E-state index contributed by atoms with van der Waals surface area (Å²) in [5.74, 6) is -0.898. The maximum absolute atomic E-state index is 13.0. The number of hydrogen-bond acceptors (Lipinski definition) is 2. The monoisotopic (exact) mass is 312 g/mol. The van der Waals surface area contributed by atoms with Crippen LogP contribution in [0.5, 0.6) is 0 Å². The Morgan fingerprint density at radius 3 is 2.36 bits per heavy atom. The van der Waals surface area contributed by atoms with Crippen molar-refractivity contribution >= 4 is 11.4 Å². The highest BCUT2D eigenvalue weighted by Gasteiger charge is 2.33. The molecule has 0 aromatic heterocycles. The van der Waals surface area contributed by atoms with Crippen molar-refractivity contribution in [3.05, 3.63) is 58.9 Å². The highest BCUT2D eigenvalue weighted by molar-refractivity contribution is 5.59. The third kappa shape index (κ3) is 3.69. The van der Waals surface area contributed by atoms with E-state index in [9.17, 15) is 17.6 Å². The summed E-state index contributed by atoms with van der Waals surface area (Å²) in [7, 11) is 1.80. The number of benzene rings is 2. The van der Waals surface area contributed by atoms with Crippen LogP contribution in [0.2, 0.25) is 0 Å². The van der Waals surface area contributed by atoms with E-state index >= 15 is 0 Å². The minimum atomic E-state index is -4.58. The molecule has 0 saturated heterocycles. The molecule has 0 unspecified atom stereocenters. The molecule has 0 aliphatic carbocycles. The van der Waals surface area contributed by atoms with Crippen LogP contribution in [-0.4, -0.2) is 7.05 Å². The maximum atomic E-state index is 13.0. The second-order valence-electron chi connectivity index (χ2n) is 4.93. The van der Waals surface area contributed by atoms with Gasteiger partial charge in [0.2, 0.25) is 0 Å². The van der Waals surface area contributed by atoms with Crippen molar-refractivity contribution in [3.8, 4) is 0 Å². The van der Waals surface area contributed by atoms with E-state index in [4.69, 9.17) is 0 Å². The molecule has 0 aliphatic heterocycles. The van der Waals surface area contributed by atoms with Crippen LogP contribution in [0.4, 0.5) is 28.9 Å². The molecule has 0 spiro atoms. The fraction of sp³-hybridized carbons (Fsp3) is 0.250. The van der Waals surface area contributed by atoms with Crippen molar-refractivity contribution in [1.29, 1.82) is 0 Å². The van der Waals surface area contributed by atoms with E-state index in [1.807, 2.05) is 19.1 Å². The molecule has 0 heterocycles. The average Bonchev–Trinajstić information content (AvgIpc) is 2.45. The van der Waals surface area contributed by atoms with Gasteiger partial charge >= 0.3 is 6.18 Å². The molecule has 2 nitrogen and oxygen atoms in total. The first-order chi connectivity index (χ1) is 10.3. The van der Waals surface area contributed by atoms with E-state index in [2.05, 4.69) is 10.6 Å². The van der Waals surface area contributed by atoms with E-state index in [-0.39, 0.29) is 12.1 Å². The van der Waals surface area contributed by atoms with Crippen LogP contribution in [0, 0.1) is 12.7 Å². The fourth-order valence-electron chi connectivity index (χ4n) is 2.22. The molecule has 6 heteroatoms. The molecule has 118 valence electrons. The summed E-state index contributed by atoms with van der Waals surface area (Å²) in [6.07, 6.45) is -4.58. The second-order valence-corrected chi connectivity index (χ2v) is 4.93. The van der Waals surface area contributed by atoms with Gasteiger partial charge in [-0.05, 0) is 48.4 Å². The molecular weight excluding hydrogens is 296 g/mol. The van der Waals surface area contributed by atoms with Crippen LogP contribution in [0.3, 0.4) is 0 Å². The van der Waals surface area contributed by atoms with Crippen molar-refractivity contribution < 1.29 is 17.6 Å². The molecule has 0 aliphatic rings. The molecule has 22 heavy (non-hydrogen) atoms. The minimum absolute atomic E-state index is 0.00393. The van der Waals surface area contributed by atoms with Crippen LogP contribution in [0.1, 0.15) is 16.7 Å². The van der Waals surface area contributed by atoms with Crippen LogP contribution >= 0.6 is 0 Å². The molecule has 2 aromatic carbocycles. The van der Waals surface area contributed by atoms with Gasteiger partial charge < -0.3 is 10.6 Å². The lowest BCUT2D eigenvalue weighted by Gasteiger charge is -2.15. The van der Waals surface area contributed by atoms with E-state index in [0.717, 1.165) is 23.4 Å². The van der Waals surface area contributed by atoms with Crippen molar-refractivity contribution in [2.45, 2.75) is 19.6 Å². The zero-order valence-corrected chi connectivity index (χ0v) is 12.2. The number of nitrogens with one attached hydrogen (secondary N) is 2. The highest BCUT2D eigenvalue weighted by atomic mass is 19.4. The third-order valence-electron chi connectivity index (χ3n) is 3.36. The SMILES string of the molecule is CNc1ccc(NCc2ccc(F)cc2C(F)(F)F)cc1C. The summed E-state index contributed by atoms with van der Waals surface area (Å²) in [5.41, 5.74) is 1.67. The first-order valence-electron chi connectivity index (χ1n) is 6.69. The quantitative estimate of drug-likeness (QED) is 0.792. The molecule has 0 fully saturated rings. The summed E-state index contributed by atoms with van der Waals surface area (Å²) in [5, 5.41) is 5.95. The van der Waals surface area contributed by atoms with Crippen LogP contribution in [0.25, 0.3) is 0 Å². The zero-order chi connectivity index (χ0) is 16.3. The normalized spacial score (nSPS) is 11.4. The number of anilines is 2. The lowest BCUT2D eigenvalue weighted by Crippen LogP contribution is -2.12. The topological polar surface area (TPSA) is 24.1 Å². The minimum Gasteiger partial charge on any atom is -0.388 e. The molecule has 2 N–H and O–H groups in total. The summed E-state index contributed by atoms with van der Waals surface area (Å²) in [6.45, 7) is 1.86. The highest BCUT2D eigenvalue weighted by Crippen LogP contribution is 2.33. The van der Waals surface area contributed by atoms with Gasteiger partial charge in [-0.2, -0.15) is 13.2 Å². The molecule has 0 atom stereocenters. The molecule has 0 bridgehead atoms. The molecule has 0 radical (unpaired) electrons. The zero-order valence-electron chi connectivity index (χ0n) is 12.2. The van der Waals surface area contributed by atoms with Gasteiger partial charge in [0, 0.05) is 25.0 Å². The Kier molecular flexibility index (Phi) is 4.59. The smallest absolute Gasteiger partial charge is 0.388 e. The van der Waals surface area contributed by atoms with E-state index in [1.54, 1.807) is 13.1 Å². The maximum Gasteiger partial charge on any atom is 0.416 e. The van der Waals surface area contributed by atoms with Gasteiger partial charge in [0.25, 0.3) is 0 Å². The molecule has 0 saturated carbocycles. The standard InChI is InChI=1S/C16H16F4N2/c1-10-7-13(5-6-15(10)21-2)22-9-11-3-4-12(17)8-14(11)16(18,19)20/h3-8,21-22H,9H2,1-2H3. The van der Waals surface area contributed by atoms with Crippen molar-refractivity contribution in [2.24, 2.45) is 0 Å². The Labute approximate surface area is 126 Å². The van der Waals surface area contributed by atoms with Gasteiger partial charge in [-0.15, -0.1) is 0 Å². The Hall–Kier alpha value is -2.24. The molecule has 2 rings (SSSR count). The lowest BCUT2D eigenvalue weighted by atomic mass is 10.1. The van der Waals surface area contributed by atoms with Crippen LogP contribution in [0.15, 0.2) is 36.4 Å². The predicted molar refractivity (Wildman–Crippen MR) is 79.5 cm³/mol. The van der Waals surface area contributed by atoms with Gasteiger partial charge in [0.1, 0.15) is 5.82 Å². The van der Waals surface area contributed by atoms with Crippen molar-refractivity contribution in [2.75, 3.05) is 17.7 Å². The summed E-state index contributed by atoms with van der Waals surface area (Å²) in [4.78, 5) is 0. The Morgan fingerprint density at radius 2 is 1.77 bits per heavy atom. The van der Waals surface area contributed by atoms with Crippen LogP contribution in [-0.2, 0) is 12.7 Å². The Morgan fingerprint density at radius 1 is 1.05 bits per heavy atom. The van der Waals surface area contributed by atoms with Crippen LogP contribution < -0.4 is 10.6 Å². The lowest BCUT2D eigenvalue weighted by molar-refractivity contribution is -0.138. The first-order valence-corrected chi connectivity index (χ1v) is 6.69. The fourth-order valence-corrected chi connectivity index (χ4v) is 2.22. The van der Waals surface area contributed by atoms with Gasteiger partial charge in [0.15, 0.2) is 0 Å². The Balaban J connectivity index is 2.20. The third-order valence-corrected chi connectivity index (χ3v) is 3.36. The average molecular weight is 312 g/mol. The predicted octanol–water partition coefficient (Wildman–Crippen LogP) is 4.81. The number of alkyl halides is 3. The number of aryl methyl sites for hydroxylation is 1. The van der Waals surface area contributed by atoms with E-state index in [1.165, 1.54) is 0 Å². The van der Waals surface area contributed by atoms with Crippen molar-refractivity contribution in [1.82, 2.24) is 0 Å². The summed E-state index contributed by atoms with van der Waals surface area (Å²) < 4.78 is 51.8. The largest absolute Gasteiger partial charge is 0.416 e. The summed E-state index contributed by atoms with van der Waals surface area (Å²) >= 11 is 0. The number of hydrogen-bond donors (Lipinski definition) is 2. The number of halogens is 4. The van der Waals surface area contributed by atoms with Crippen molar-refractivity contribution in [3.63, 3.8) is 0 Å². The summed E-state index contributed by atoms with van der Waals surface area (Å²) in [6, 6.07) is 8.15. The molecule has 0 amide bonds. The van der Waals surface area contributed by atoms with E-state index < -0.39 is 17.6 Å². The Bertz CT molecular complexity index is 666. The van der Waals surface area contributed by atoms with Gasteiger partial charge in [-0.3, -0.25) is 0 Å². The number of rotatable bonds is 4. The van der Waals surface area contributed by atoms with Gasteiger partial charge in [0.05, 0.1) is 5.56 Å². The van der Waals surface area contributed by atoms with E-state index in [0.29, 0.717) is 11.8 Å². The first kappa shape index (κ1) is 16.1. The second kappa shape index (κ2) is 6.25. The van der Waals surface area contributed by atoms with Gasteiger partial charge in [-0.25, -0.2) is 4.39 Å².